The summed E-state index contributed by atoms with van der Waals surface area (Å²) in [7, 11) is 0. The summed E-state index contributed by atoms with van der Waals surface area (Å²) in [6.45, 7) is 1.88. The number of hydrogen-bond acceptors (Lipinski definition) is 1. The molecule has 3 heteroatoms. The highest BCUT2D eigenvalue weighted by atomic mass is 19.1. The van der Waals surface area contributed by atoms with Crippen LogP contribution in [-0.2, 0) is 4.79 Å². The lowest BCUT2D eigenvalue weighted by molar-refractivity contribution is -0.123. The molecule has 108 valence electrons. The van der Waals surface area contributed by atoms with Gasteiger partial charge in [0.15, 0.2) is 0 Å². The first-order valence-corrected chi connectivity index (χ1v) is 7.26. The van der Waals surface area contributed by atoms with Gasteiger partial charge in [-0.2, -0.15) is 0 Å². The maximum absolute atomic E-state index is 13.2. The van der Waals surface area contributed by atoms with Crippen LogP contribution in [-0.4, -0.2) is 5.91 Å². The van der Waals surface area contributed by atoms with Crippen LogP contribution in [0.5, 0.6) is 0 Å². The summed E-state index contributed by atoms with van der Waals surface area (Å²) in [4.78, 5) is 12.3. The van der Waals surface area contributed by atoms with Gasteiger partial charge >= 0.3 is 0 Å². The lowest BCUT2D eigenvalue weighted by atomic mass is 10.1. The van der Waals surface area contributed by atoms with Crippen LogP contribution < -0.4 is 5.32 Å². The van der Waals surface area contributed by atoms with Gasteiger partial charge in [-0.25, -0.2) is 4.39 Å². The molecule has 0 aromatic heterocycles. The summed E-state index contributed by atoms with van der Waals surface area (Å²) in [6, 6.07) is 16.3. The lowest BCUT2D eigenvalue weighted by Crippen LogP contribution is -2.28. The number of hydrogen-bond donors (Lipinski definition) is 1. The maximum Gasteiger partial charge on any atom is 0.224 e. The normalized spacial score (nSPS) is 21.6. The SMILES string of the molecule is C[C@H](NC(=O)[C@H]1C[C@@H]1c1ccccc1)c1cccc(F)c1. The van der Waals surface area contributed by atoms with Gasteiger partial charge in [-0.05, 0) is 42.5 Å². The molecule has 3 rings (SSSR count). The second-order valence-electron chi connectivity index (χ2n) is 5.64. The van der Waals surface area contributed by atoms with E-state index in [0.717, 1.165) is 12.0 Å². The Balaban J connectivity index is 1.60. The van der Waals surface area contributed by atoms with E-state index in [1.807, 2.05) is 31.2 Å². The average molecular weight is 283 g/mol. The molecule has 0 radical (unpaired) electrons. The molecule has 0 bridgehead atoms. The van der Waals surface area contributed by atoms with Gasteiger partial charge in [0, 0.05) is 5.92 Å². The Morgan fingerprint density at radius 3 is 2.67 bits per heavy atom. The smallest absolute Gasteiger partial charge is 0.224 e. The van der Waals surface area contributed by atoms with E-state index in [0.29, 0.717) is 5.92 Å². The van der Waals surface area contributed by atoms with Gasteiger partial charge in [0.05, 0.1) is 6.04 Å². The molecule has 1 N–H and O–H groups in total. The number of amides is 1. The zero-order valence-corrected chi connectivity index (χ0v) is 11.9. The van der Waals surface area contributed by atoms with Gasteiger partial charge in [-0.3, -0.25) is 4.79 Å². The fourth-order valence-corrected chi connectivity index (χ4v) is 2.73. The molecule has 0 aliphatic heterocycles. The van der Waals surface area contributed by atoms with E-state index in [2.05, 4.69) is 17.4 Å². The van der Waals surface area contributed by atoms with E-state index in [-0.39, 0.29) is 23.7 Å². The van der Waals surface area contributed by atoms with Crippen LogP contribution in [0.4, 0.5) is 4.39 Å². The maximum atomic E-state index is 13.2. The largest absolute Gasteiger partial charge is 0.349 e. The van der Waals surface area contributed by atoms with Crippen molar-refractivity contribution in [1.29, 1.82) is 0 Å². The predicted octanol–water partition coefficient (Wildman–Crippen LogP) is 3.81. The van der Waals surface area contributed by atoms with Crippen molar-refractivity contribution >= 4 is 5.91 Å². The topological polar surface area (TPSA) is 29.1 Å². The second-order valence-corrected chi connectivity index (χ2v) is 5.64. The van der Waals surface area contributed by atoms with E-state index >= 15 is 0 Å². The summed E-state index contributed by atoms with van der Waals surface area (Å²) in [5.74, 6) is 0.150. The Hall–Kier alpha value is -2.16. The van der Waals surface area contributed by atoms with Gasteiger partial charge in [-0.1, -0.05) is 42.5 Å². The minimum absolute atomic E-state index is 0.0448. The van der Waals surface area contributed by atoms with Gasteiger partial charge in [0.25, 0.3) is 0 Å². The number of rotatable bonds is 4. The highest BCUT2D eigenvalue weighted by Crippen LogP contribution is 2.47. The summed E-state index contributed by atoms with van der Waals surface area (Å²) < 4.78 is 13.2. The van der Waals surface area contributed by atoms with E-state index in [1.165, 1.54) is 17.7 Å². The number of carbonyl (C=O) groups is 1. The van der Waals surface area contributed by atoms with Crippen LogP contribution in [0.3, 0.4) is 0 Å². The van der Waals surface area contributed by atoms with Crippen molar-refractivity contribution in [2.75, 3.05) is 0 Å². The fourth-order valence-electron chi connectivity index (χ4n) is 2.73. The molecular formula is C18H18FNO. The van der Waals surface area contributed by atoms with Gasteiger partial charge < -0.3 is 5.32 Å². The van der Waals surface area contributed by atoms with Crippen molar-refractivity contribution in [1.82, 2.24) is 5.32 Å². The van der Waals surface area contributed by atoms with Crippen LogP contribution in [0.15, 0.2) is 54.6 Å². The third-order valence-electron chi connectivity index (χ3n) is 4.06. The second kappa shape index (κ2) is 5.68. The minimum atomic E-state index is -0.276. The van der Waals surface area contributed by atoms with E-state index in [4.69, 9.17) is 0 Å². The van der Waals surface area contributed by atoms with Crippen LogP contribution in [0.25, 0.3) is 0 Å². The molecule has 1 fully saturated rings. The standard InChI is InChI=1S/C18H18FNO/c1-12(14-8-5-9-15(19)10-14)20-18(21)17-11-16(17)13-6-3-2-4-7-13/h2-10,12,16-17H,11H2,1H3,(H,20,21)/t12-,16+,17-/m0/s1. The van der Waals surface area contributed by atoms with Gasteiger partial charge in [-0.15, -0.1) is 0 Å². The number of nitrogens with one attached hydrogen (secondary N) is 1. The minimum Gasteiger partial charge on any atom is -0.349 e. The number of carbonyl (C=O) groups excluding carboxylic acids is 1. The Labute approximate surface area is 124 Å². The summed E-state index contributed by atoms with van der Waals surface area (Å²) in [5, 5.41) is 2.98. The van der Waals surface area contributed by atoms with Crippen molar-refractivity contribution in [3.8, 4) is 0 Å². The summed E-state index contributed by atoms with van der Waals surface area (Å²) in [6.07, 6.45) is 0.895. The first-order valence-electron chi connectivity index (χ1n) is 7.26. The molecule has 2 aromatic rings. The molecule has 1 aliphatic rings. The zero-order valence-electron chi connectivity index (χ0n) is 11.9. The van der Waals surface area contributed by atoms with Gasteiger partial charge in [0.2, 0.25) is 5.91 Å². The molecule has 0 heterocycles. The molecule has 0 spiro atoms. The Bertz CT molecular complexity index is 641. The van der Waals surface area contributed by atoms with E-state index in [9.17, 15) is 9.18 Å². The Morgan fingerprint density at radius 1 is 1.19 bits per heavy atom. The van der Waals surface area contributed by atoms with Crippen LogP contribution in [0.2, 0.25) is 0 Å². The van der Waals surface area contributed by atoms with Crippen LogP contribution in [0.1, 0.15) is 36.4 Å². The van der Waals surface area contributed by atoms with Crippen LogP contribution >= 0.6 is 0 Å². The zero-order chi connectivity index (χ0) is 14.8. The fraction of sp³-hybridized carbons (Fsp3) is 0.278. The number of halogens is 1. The molecule has 1 saturated carbocycles. The molecule has 1 aliphatic carbocycles. The monoisotopic (exact) mass is 283 g/mol. The van der Waals surface area contributed by atoms with Crippen LogP contribution in [0, 0.1) is 11.7 Å². The molecule has 2 nitrogen and oxygen atoms in total. The van der Waals surface area contributed by atoms with Gasteiger partial charge in [0.1, 0.15) is 5.82 Å². The third-order valence-corrected chi connectivity index (χ3v) is 4.06. The van der Waals surface area contributed by atoms with Crippen molar-refractivity contribution in [3.05, 3.63) is 71.5 Å². The van der Waals surface area contributed by atoms with Crippen molar-refractivity contribution < 1.29 is 9.18 Å². The molecule has 21 heavy (non-hydrogen) atoms. The third kappa shape index (κ3) is 3.13. The molecule has 2 aromatic carbocycles. The highest BCUT2D eigenvalue weighted by molar-refractivity contribution is 5.83. The molecule has 0 saturated heterocycles. The Kier molecular flexibility index (Phi) is 3.74. The van der Waals surface area contributed by atoms with E-state index < -0.39 is 0 Å². The highest BCUT2D eigenvalue weighted by Gasteiger charge is 2.44. The van der Waals surface area contributed by atoms with E-state index in [1.54, 1.807) is 6.07 Å². The molecular weight excluding hydrogens is 265 g/mol. The molecule has 1 amide bonds. The van der Waals surface area contributed by atoms with Crippen molar-refractivity contribution in [3.63, 3.8) is 0 Å². The van der Waals surface area contributed by atoms with Crippen molar-refractivity contribution in [2.24, 2.45) is 5.92 Å². The van der Waals surface area contributed by atoms with Crippen molar-refractivity contribution in [2.45, 2.75) is 25.3 Å². The quantitative estimate of drug-likeness (QED) is 0.908. The molecule has 3 atom stereocenters. The number of benzene rings is 2. The molecule has 0 unspecified atom stereocenters. The first kappa shape index (κ1) is 13.8. The predicted molar refractivity (Wildman–Crippen MR) is 80.2 cm³/mol. The summed E-state index contributed by atoms with van der Waals surface area (Å²) >= 11 is 0. The lowest BCUT2D eigenvalue weighted by Gasteiger charge is -2.14. The first-order chi connectivity index (χ1) is 10.1. The average Bonchev–Trinajstić information content (AvgIpc) is 3.28. The summed E-state index contributed by atoms with van der Waals surface area (Å²) in [5.41, 5.74) is 2.01. The Morgan fingerprint density at radius 2 is 1.95 bits per heavy atom.